The SMILES string of the molecule is CCN(CC)C(=O)CN(C)c1cc(S(N)(=O)=O)ccc1N. The minimum atomic E-state index is -3.81. The molecule has 1 aromatic rings. The first kappa shape index (κ1) is 17.3. The first-order chi connectivity index (χ1) is 9.70. The molecule has 1 amide bonds. The lowest BCUT2D eigenvalue weighted by Crippen LogP contribution is -2.39. The smallest absolute Gasteiger partial charge is 0.242 e. The molecule has 0 aliphatic rings. The van der Waals surface area contributed by atoms with Gasteiger partial charge in [0.2, 0.25) is 15.9 Å². The Morgan fingerprint density at radius 1 is 1.24 bits per heavy atom. The van der Waals surface area contributed by atoms with Gasteiger partial charge in [0, 0.05) is 20.1 Å². The lowest BCUT2D eigenvalue weighted by atomic mass is 10.2. The zero-order valence-corrected chi connectivity index (χ0v) is 13.4. The number of amides is 1. The first-order valence-corrected chi connectivity index (χ1v) is 8.16. The molecule has 0 aliphatic heterocycles. The lowest BCUT2D eigenvalue weighted by molar-refractivity contribution is -0.129. The van der Waals surface area contributed by atoms with E-state index in [0.717, 1.165) is 0 Å². The average Bonchev–Trinajstić information content (AvgIpc) is 2.39. The van der Waals surface area contributed by atoms with Crippen LogP contribution in [0, 0.1) is 0 Å². The zero-order valence-electron chi connectivity index (χ0n) is 12.5. The number of hydrogen-bond donors (Lipinski definition) is 2. The summed E-state index contributed by atoms with van der Waals surface area (Å²) in [6, 6.07) is 4.18. The molecule has 0 aromatic heterocycles. The molecule has 118 valence electrons. The zero-order chi connectivity index (χ0) is 16.2. The number of nitrogens with two attached hydrogens (primary N) is 2. The van der Waals surface area contributed by atoms with Crippen LogP contribution in [-0.4, -0.2) is 45.9 Å². The van der Waals surface area contributed by atoms with Crippen LogP contribution in [0.15, 0.2) is 23.1 Å². The first-order valence-electron chi connectivity index (χ1n) is 6.61. The summed E-state index contributed by atoms with van der Waals surface area (Å²) in [5, 5.41) is 5.11. The van der Waals surface area contributed by atoms with E-state index in [9.17, 15) is 13.2 Å². The predicted octanol–water partition coefficient (Wildman–Crippen LogP) is 0.221. The Balaban J connectivity index is 3.02. The van der Waals surface area contributed by atoms with E-state index in [1.54, 1.807) is 16.8 Å². The fourth-order valence-corrected chi connectivity index (χ4v) is 2.53. The van der Waals surface area contributed by atoms with Gasteiger partial charge in [0.05, 0.1) is 22.8 Å². The van der Waals surface area contributed by atoms with E-state index in [2.05, 4.69) is 0 Å². The van der Waals surface area contributed by atoms with Crippen molar-refractivity contribution in [3.8, 4) is 0 Å². The summed E-state index contributed by atoms with van der Waals surface area (Å²) in [4.78, 5) is 15.4. The van der Waals surface area contributed by atoms with E-state index < -0.39 is 10.0 Å². The molecular weight excluding hydrogens is 292 g/mol. The number of likely N-dealkylation sites (N-methyl/N-ethyl adjacent to an activating group) is 2. The van der Waals surface area contributed by atoms with Gasteiger partial charge in [-0.05, 0) is 32.0 Å². The maximum absolute atomic E-state index is 12.1. The van der Waals surface area contributed by atoms with Gasteiger partial charge in [-0.1, -0.05) is 0 Å². The predicted molar refractivity (Wildman–Crippen MR) is 83.4 cm³/mol. The second-order valence-electron chi connectivity index (χ2n) is 4.69. The topological polar surface area (TPSA) is 110 Å². The molecule has 0 radical (unpaired) electrons. The maximum Gasteiger partial charge on any atom is 0.242 e. The Hall–Kier alpha value is -1.80. The molecule has 0 spiro atoms. The molecule has 0 bridgehead atoms. The number of primary sulfonamides is 1. The van der Waals surface area contributed by atoms with Crippen molar-refractivity contribution in [2.24, 2.45) is 5.14 Å². The fourth-order valence-electron chi connectivity index (χ4n) is 2.00. The standard InChI is InChI=1S/C13H22N4O3S/c1-4-17(5-2)13(18)9-16(3)12-8-10(21(15,19)20)6-7-11(12)14/h6-8H,4-5,9,14H2,1-3H3,(H2,15,19,20). The molecule has 0 fully saturated rings. The molecule has 7 nitrogen and oxygen atoms in total. The molecule has 0 aliphatic carbocycles. The minimum absolute atomic E-state index is 0.0335. The van der Waals surface area contributed by atoms with Crippen molar-refractivity contribution >= 4 is 27.3 Å². The van der Waals surface area contributed by atoms with E-state index in [-0.39, 0.29) is 17.3 Å². The summed E-state index contributed by atoms with van der Waals surface area (Å²) < 4.78 is 22.8. The van der Waals surface area contributed by atoms with Crippen LogP contribution < -0.4 is 15.8 Å². The van der Waals surface area contributed by atoms with Crippen LogP contribution in [0.2, 0.25) is 0 Å². The Kier molecular flexibility index (Phi) is 5.56. The molecular formula is C13H22N4O3S. The maximum atomic E-state index is 12.1. The monoisotopic (exact) mass is 314 g/mol. The Morgan fingerprint density at radius 3 is 2.29 bits per heavy atom. The highest BCUT2D eigenvalue weighted by Crippen LogP contribution is 2.25. The number of carbonyl (C=O) groups is 1. The molecule has 1 rings (SSSR count). The Morgan fingerprint density at radius 2 is 1.81 bits per heavy atom. The summed E-state index contributed by atoms with van der Waals surface area (Å²) in [5.41, 5.74) is 6.69. The summed E-state index contributed by atoms with van der Waals surface area (Å²) in [5.74, 6) is -0.0529. The van der Waals surface area contributed by atoms with Gasteiger partial charge in [-0.25, -0.2) is 13.6 Å². The van der Waals surface area contributed by atoms with Crippen molar-refractivity contribution in [3.63, 3.8) is 0 Å². The van der Waals surface area contributed by atoms with Crippen LogP contribution in [0.25, 0.3) is 0 Å². The highest BCUT2D eigenvalue weighted by molar-refractivity contribution is 7.89. The van der Waals surface area contributed by atoms with Gasteiger partial charge in [0.25, 0.3) is 0 Å². The number of anilines is 2. The largest absolute Gasteiger partial charge is 0.397 e. The third-order valence-electron chi connectivity index (χ3n) is 3.23. The van der Waals surface area contributed by atoms with Crippen LogP contribution in [0.1, 0.15) is 13.8 Å². The second kappa shape index (κ2) is 6.77. The number of nitrogen functional groups attached to an aromatic ring is 1. The molecule has 0 unspecified atom stereocenters. The summed E-state index contributed by atoms with van der Waals surface area (Å²) >= 11 is 0. The van der Waals surface area contributed by atoms with Gasteiger partial charge in [0.1, 0.15) is 0 Å². The van der Waals surface area contributed by atoms with Gasteiger partial charge in [-0.2, -0.15) is 0 Å². The molecule has 21 heavy (non-hydrogen) atoms. The van der Waals surface area contributed by atoms with E-state index in [1.165, 1.54) is 18.2 Å². The lowest BCUT2D eigenvalue weighted by Gasteiger charge is -2.25. The van der Waals surface area contributed by atoms with E-state index in [1.807, 2.05) is 13.8 Å². The number of carbonyl (C=O) groups excluding carboxylic acids is 1. The van der Waals surface area contributed by atoms with Crippen molar-refractivity contribution in [3.05, 3.63) is 18.2 Å². The molecule has 0 saturated carbocycles. The van der Waals surface area contributed by atoms with Gasteiger partial charge in [-0.3, -0.25) is 4.79 Å². The minimum Gasteiger partial charge on any atom is -0.397 e. The molecule has 0 saturated heterocycles. The third kappa shape index (κ3) is 4.33. The van der Waals surface area contributed by atoms with Gasteiger partial charge in [0.15, 0.2) is 0 Å². The molecule has 4 N–H and O–H groups in total. The Labute approximate surface area is 125 Å². The highest BCUT2D eigenvalue weighted by Gasteiger charge is 2.17. The number of benzene rings is 1. The van der Waals surface area contributed by atoms with Crippen molar-refractivity contribution in [1.29, 1.82) is 0 Å². The quantitative estimate of drug-likeness (QED) is 0.730. The van der Waals surface area contributed by atoms with E-state index >= 15 is 0 Å². The molecule has 1 aromatic carbocycles. The third-order valence-corrected chi connectivity index (χ3v) is 4.14. The van der Waals surface area contributed by atoms with Crippen molar-refractivity contribution in [2.45, 2.75) is 18.7 Å². The van der Waals surface area contributed by atoms with Gasteiger partial charge >= 0.3 is 0 Å². The van der Waals surface area contributed by atoms with E-state index in [4.69, 9.17) is 10.9 Å². The Bertz CT molecular complexity index is 612. The molecule has 0 heterocycles. The number of sulfonamides is 1. The van der Waals surface area contributed by atoms with Crippen LogP contribution >= 0.6 is 0 Å². The highest BCUT2D eigenvalue weighted by atomic mass is 32.2. The van der Waals surface area contributed by atoms with Gasteiger partial charge in [-0.15, -0.1) is 0 Å². The van der Waals surface area contributed by atoms with E-state index in [0.29, 0.717) is 24.5 Å². The molecule has 8 heteroatoms. The van der Waals surface area contributed by atoms with Crippen molar-refractivity contribution in [1.82, 2.24) is 4.90 Å². The van der Waals surface area contributed by atoms with Crippen LogP contribution in [0.4, 0.5) is 11.4 Å². The van der Waals surface area contributed by atoms with Crippen molar-refractivity contribution < 1.29 is 13.2 Å². The summed E-state index contributed by atoms with van der Waals surface area (Å²) in [7, 11) is -2.13. The van der Waals surface area contributed by atoms with Gasteiger partial charge < -0.3 is 15.5 Å². The summed E-state index contributed by atoms with van der Waals surface area (Å²) in [6.07, 6.45) is 0. The second-order valence-corrected chi connectivity index (χ2v) is 6.25. The summed E-state index contributed by atoms with van der Waals surface area (Å²) in [6.45, 7) is 5.15. The van der Waals surface area contributed by atoms with Crippen LogP contribution in [0.5, 0.6) is 0 Å². The van der Waals surface area contributed by atoms with Crippen LogP contribution in [-0.2, 0) is 14.8 Å². The number of rotatable bonds is 6. The van der Waals surface area contributed by atoms with Crippen LogP contribution in [0.3, 0.4) is 0 Å². The normalized spacial score (nSPS) is 11.2. The average molecular weight is 314 g/mol. The fraction of sp³-hybridized carbons (Fsp3) is 0.462. The number of nitrogens with zero attached hydrogens (tertiary/aromatic N) is 2. The van der Waals surface area contributed by atoms with Crippen molar-refractivity contribution in [2.75, 3.05) is 37.3 Å². The number of hydrogen-bond acceptors (Lipinski definition) is 5. The molecule has 0 atom stereocenters.